The Bertz CT molecular complexity index is 1030. The molecule has 0 fully saturated rings. The van der Waals surface area contributed by atoms with Crippen molar-refractivity contribution in [1.29, 1.82) is 0 Å². The van der Waals surface area contributed by atoms with Gasteiger partial charge in [0, 0.05) is 15.8 Å². The van der Waals surface area contributed by atoms with E-state index in [-0.39, 0.29) is 5.91 Å². The second-order valence-corrected chi connectivity index (χ2v) is 9.34. The van der Waals surface area contributed by atoms with Crippen molar-refractivity contribution in [2.75, 3.05) is 5.32 Å². The third-order valence-electron chi connectivity index (χ3n) is 4.99. The highest BCUT2D eigenvalue weighted by atomic mass is 32.1. The number of carbonyl (C=O) groups excluding carboxylic acids is 2. The van der Waals surface area contributed by atoms with E-state index in [0.717, 1.165) is 30.5 Å². The molecule has 3 aromatic rings. The molecule has 0 saturated carbocycles. The van der Waals surface area contributed by atoms with E-state index in [0.29, 0.717) is 15.9 Å². The van der Waals surface area contributed by atoms with E-state index in [1.54, 1.807) is 6.92 Å². The van der Waals surface area contributed by atoms with Crippen LogP contribution >= 0.6 is 22.7 Å². The Morgan fingerprint density at radius 1 is 1.28 bits per heavy atom. The van der Waals surface area contributed by atoms with Crippen LogP contribution in [0.5, 0.6) is 0 Å². The van der Waals surface area contributed by atoms with Crippen LogP contribution in [0.3, 0.4) is 0 Å². The molecule has 2 heterocycles. The summed E-state index contributed by atoms with van der Waals surface area (Å²) in [4.78, 5) is 31.2. The van der Waals surface area contributed by atoms with Crippen molar-refractivity contribution >= 4 is 39.7 Å². The van der Waals surface area contributed by atoms with Crippen LogP contribution in [0.4, 0.5) is 5.13 Å². The van der Waals surface area contributed by atoms with Crippen molar-refractivity contribution in [3.63, 3.8) is 0 Å². The number of rotatable bonds is 5. The first kappa shape index (κ1) is 19.8. The first-order valence-corrected chi connectivity index (χ1v) is 11.3. The van der Waals surface area contributed by atoms with Gasteiger partial charge in [0.2, 0.25) is 0 Å². The molecule has 2 aromatic heterocycles. The minimum absolute atomic E-state index is 0.387. The van der Waals surface area contributed by atoms with Crippen molar-refractivity contribution in [2.45, 2.75) is 39.2 Å². The van der Waals surface area contributed by atoms with Crippen molar-refractivity contribution in [1.82, 2.24) is 4.98 Å². The lowest BCUT2D eigenvalue weighted by molar-refractivity contribution is -0.123. The largest absolute Gasteiger partial charge is 0.448 e. The molecule has 0 unspecified atom stereocenters. The summed E-state index contributed by atoms with van der Waals surface area (Å²) in [7, 11) is 0. The molecule has 150 valence electrons. The molecular weight excluding hydrogens is 404 g/mol. The van der Waals surface area contributed by atoms with Crippen molar-refractivity contribution in [3.05, 3.63) is 57.1 Å². The number of aromatic nitrogens is 1. The van der Waals surface area contributed by atoms with Crippen LogP contribution in [0.25, 0.3) is 11.3 Å². The third-order valence-corrected chi connectivity index (χ3v) is 6.96. The number of amides is 1. The summed E-state index contributed by atoms with van der Waals surface area (Å²) in [6, 6.07) is 11.7. The molecule has 1 N–H and O–H groups in total. The minimum Gasteiger partial charge on any atom is -0.448 e. The summed E-state index contributed by atoms with van der Waals surface area (Å²) in [5.41, 5.74) is 3.03. The van der Waals surface area contributed by atoms with Gasteiger partial charge < -0.3 is 4.74 Å². The van der Waals surface area contributed by atoms with Gasteiger partial charge in [0.1, 0.15) is 4.88 Å². The molecule has 7 heteroatoms. The van der Waals surface area contributed by atoms with Gasteiger partial charge in [-0.3, -0.25) is 10.1 Å². The lowest BCUT2D eigenvalue weighted by Gasteiger charge is -2.16. The molecule has 0 spiro atoms. The number of hydrogen-bond acceptors (Lipinski definition) is 6. The number of aryl methyl sites for hydroxylation is 1. The monoisotopic (exact) mass is 426 g/mol. The van der Waals surface area contributed by atoms with Gasteiger partial charge in [-0.2, -0.15) is 0 Å². The van der Waals surface area contributed by atoms with Gasteiger partial charge in [-0.05, 0) is 43.7 Å². The molecule has 0 aliphatic heterocycles. The summed E-state index contributed by atoms with van der Waals surface area (Å²) in [5, 5.41) is 5.11. The standard InChI is InChI=1S/C22H22N2O3S2/c1-13-8-9-18-16(10-13)11-19(29-18)21(26)27-14(2)20(25)24-22-23-17(12-28-22)15-6-4-3-5-7-15/h3-7,11-14H,8-10H2,1-2H3,(H,23,24,25)/t13-,14+/m1/s1. The average molecular weight is 427 g/mol. The maximum absolute atomic E-state index is 12.5. The van der Waals surface area contributed by atoms with Gasteiger partial charge in [-0.1, -0.05) is 37.3 Å². The lowest BCUT2D eigenvalue weighted by atomic mass is 9.90. The van der Waals surface area contributed by atoms with E-state index < -0.39 is 12.1 Å². The number of ether oxygens (including phenoxy) is 1. The van der Waals surface area contributed by atoms with Crippen LogP contribution in [0.15, 0.2) is 41.8 Å². The molecule has 1 aliphatic rings. The van der Waals surface area contributed by atoms with E-state index in [1.165, 1.54) is 33.1 Å². The van der Waals surface area contributed by atoms with Crippen molar-refractivity contribution < 1.29 is 14.3 Å². The molecule has 1 amide bonds. The van der Waals surface area contributed by atoms with Gasteiger partial charge in [0.15, 0.2) is 11.2 Å². The fraction of sp³-hybridized carbons (Fsp3) is 0.318. The lowest BCUT2D eigenvalue weighted by Crippen LogP contribution is -2.29. The number of fused-ring (bicyclic) bond motifs is 1. The maximum Gasteiger partial charge on any atom is 0.349 e. The van der Waals surface area contributed by atoms with Crippen molar-refractivity contribution in [2.24, 2.45) is 5.92 Å². The quantitative estimate of drug-likeness (QED) is 0.571. The summed E-state index contributed by atoms with van der Waals surface area (Å²) < 4.78 is 5.40. The molecular formula is C22H22N2O3S2. The number of carbonyl (C=O) groups is 2. The summed E-state index contributed by atoms with van der Waals surface area (Å²) >= 11 is 2.83. The summed E-state index contributed by atoms with van der Waals surface area (Å²) in [6.07, 6.45) is 2.27. The molecule has 0 radical (unpaired) electrons. The topological polar surface area (TPSA) is 68.3 Å². The second-order valence-electron chi connectivity index (χ2n) is 7.35. The molecule has 0 bridgehead atoms. The van der Waals surface area contributed by atoms with Gasteiger partial charge in [0.05, 0.1) is 5.69 Å². The van der Waals surface area contributed by atoms with Crippen LogP contribution in [0, 0.1) is 5.92 Å². The average Bonchev–Trinajstić information content (AvgIpc) is 3.35. The highest BCUT2D eigenvalue weighted by molar-refractivity contribution is 7.14. The predicted octanol–water partition coefficient (Wildman–Crippen LogP) is 5.18. The second kappa shape index (κ2) is 8.47. The molecule has 1 aromatic carbocycles. The Kier molecular flexibility index (Phi) is 5.78. The SMILES string of the molecule is C[C@@H]1CCc2sc(C(=O)O[C@@H](C)C(=O)Nc3nc(-c4ccccc4)cs3)cc2C1. The first-order chi connectivity index (χ1) is 14.0. The Morgan fingerprint density at radius 2 is 2.07 bits per heavy atom. The summed E-state index contributed by atoms with van der Waals surface area (Å²) in [5.74, 6) is -0.184. The Hall–Kier alpha value is -2.51. The zero-order valence-corrected chi connectivity index (χ0v) is 17.9. The number of thiazole rings is 1. The fourth-order valence-corrected chi connectivity index (χ4v) is 5.17. The Balaban J connectivity index is 1.36. The third kappa shape index (κ3) is 4.57. The van der Waals surface area contributed by atoms with Crippen LogP contribution in [0.2, 0.25) is 0 Å². The number of nitrogens with one attached hydrogen (secondary N) is 1. The minimum atomic E-state index is -0.898. The van der Waals surface area contributed by atoms with Crippen LogP contribution in [-0.4, -0.2) is 23.0 Å². The number of nitrogens with zero attached hydrogens (tertiary/aromatic N) is 1. The zero-order valence-electron chi connectivity index (χ0n) is 16.3. The number of anilines is 1. The molecule has 1 aliphatic carbocycles. The van der Waals surface area contributed by atoms with Gasteiger partial charge in [-0.15, -0.1) is 22.7 Å². The first-order valence-electron chi connectivity index (χ1n) is 9.64. The normalized spacial score (nSPS) is 16.7. The fourth-order valence-electron chi connectivity index (χ4n) is 3.36. The zero-order chi connectivity index (χ0) is 20.4. The smallest absolute Gasteiger partial charge is 0.349 e. The van der Waals surface area contributed by atoms with E-state index in [4.69, 9.17) is 4.74 Å². The highest BCUT2D eigenvalue weighted by Gasteiger charge is 2.24. The van der Waals surface area contributed by atoms with E-state index in [2.05, 4.69) is 17.2 Å². The van der Waals surface area contributed by atoms with Gasteiger partial charge in [0.25, 0.3) is 5.91 Å². The van der Waals surface area contributed by atoms with Gasteiger partial charge >= 0.3 is 5.97 Å². The summed E-state index contributed by atoms with van der Waals surface area (Å²) in [6.45, 7) is 3.81. The van der Waals surface area contributed by atoms with Gasteiger partial charge in [-0.25, -0.2) is 9.78 Å². The van der Waals surface area contributed by atoms with Crippen LogP contribution in [0.1, 0.15) is 40.4 Å². The molecule has 4 rings (SSSR count). The van der Waals surface area contributed by atoms with Crippen LogP contribution in [-0.2, 0) is 22.4 Å². The van der Waals surface area contributed by atoms with Crippen molar-refractivity contribution in [3.8, 4) is 11.3 Å². The van der Waals surface area contributed by atoms with E-state index >= 15 is 0 Å². The number of benzene rings is 1. The molecule has 2 atom stereocenters. The maximum atomic E-state index is 12.5. The van der Waals surface area contributed by atoms with E-state index in [9.17, 15) is 9.59 Å². The predicted molar refractivity (Wildman–Crippen MR) is 117 cm³/mol. The number of hydrogen-bond donors (Lipinski definition) is 1. The number of esters is 1. The highest BCUT2D eigenvalue weighted by Crippen LogP contribution is 2.32. The Morgan fingerprint density at radius 3 is 2.86 bits per heavy atom. The Labute approximate surface area is 177 Å². The molecule has 0 saturated heterocycles. The molecule has 29 heavy (non-hydrogen) atoms. The van der Waals surface area contributed by atoms with E-state index in [1.807, 2.05) is 41.8 Å². The molecule has 5 nitrogen and oxygen atoms in total. The number of thiophene rings is 1. The van der Waals surface area contributed by atoms with Crippen LogP contribution < -0.4 is 5.32 Å².